The molecule has 0 aliphatic carbocycles. The Morgan fingerprint density at radius 2 is 1.95 bits per heavy atom. The van der Waals surface area contributed by atoms with Crippen molar-refractivity contribution in [3.05, 3.63) is 29.3 Å². The molecule has 20 heavy (non-hydrogen) atoms. The van der Waals surface area contributed by atoms with Gasteiger partial charge in [0, 0.05) is 18.2 Å². The molecule has 4 nitrogen and oxygen atoms in total. The van der Waals surface area contributed by atoms with Crippen LogP contribution in [-0.2, 0) is 16.6 Å². The zero-order valence-electron chi connectivity index (χ0n) is 11.6. The fraction of sp³-hybridized carbons (Fsp3) is 0.538. The highest BCUT2D eigenvalue weighted by Crippen LogP contribution is 2.21. The van der Waals surface area contributed by atoms with Crippen LogP contribution < -0.4 is 10.5 Å². The van der Waals surface area contributed by atoms with Crippen LogP contribution in [0.1, 0.15) is 38.7 Å². The predicted octanol–water partition coefficient (Wildman–Crippen LogP) is 2.28. The second-order valence-electron chi connectivity index (χ2n) is 4.56. The first-order chi connectivity index (χ1) is 9.37. The second-order valence-corrected chi connectivity index (χ2v) is 6.24. The summed E-state index contributed by atoms with van der Waals surface area (Å²) in [5.41, 5.74) is 4.82. The van der Waals surface area contributed by atoms with Crippen LogP contribution in [0.2, 0.25) is 0 Å². The van der Waals surface area contributed by atoms with Crippen LogP contribution in [0.4, 0.5) is 8.78 Å². The minimum absolute atomic E-state index is 0.268. The van der Waals surface area contributed by atoms with Gasteiger partial charge in [-0.3, -0.25) is 0 Å². The van der Waals surface area contributed by atoms with Crippen LogP contribution in [0.5, 0.6) is 0 Å². The van der Waals surface area contributed by atoms with Crippen molar-refractivity contribution in [3.8, 4) is 0 Å². The number of nitrogens with one attached hydrogen (secondary N) is 1. The fourth-order valence-electron chi connectivity index (χ4n) is 1.95. The molecule has 0 aliphatic heterocycles. The molecule has 0 aliphatic rings. The minimum atomic E-state index is -4.02. The van der Waals surface area contributed by atoms with E-state index in [-0.39, 0.29) is 6.04 Å². The molecule has 0 saturated carbocycles. The molecule has 0 aromatic heterocycles. The van der Waals surface area contributed by atoms with Crippen molar-refractivity contribution in [1.29, 1.82) is 0 Å². The number of hydrogen-bond donors (Lipinski definition) is 2. The van der Waals surface area contributed by atoms with E-state index >= 15 is 0 Å². The zero-order valence-corrected chi connectivity index (χ0v) is 12.4. The van der Waals surface area contributed by atoms with Crippen LogP contribution in [0.3, 0.4) is 0 Å². The number of hydrogen-bond acceptors (Lipinski definition) is 3. The molecular formula is C13H20F2N2O2S. The second kappa shape index (κ2) is 7.10. The molecule has 1 aromatic carbocycles. The van der Waals surface area contributed by atoms with Crippen molar-refractivity contribution in [3.63, 3.8) is 0 Å². The van der Waals surface area contributed by atoms with Crippen molar-refractivity contribution in [2.45, 2.75) is 50.6 Å². The van der Waals surface area contributed by atoms with Crippen LogP contribution in [0.15, 0.2) is 17.0 Å². The minimum Gasteiger partial charge on any atom is -0.326 e. The molecule has 0 fully saturated rings. The average molecular weight is 306 g/mol. The van der Waals surface area contributed by atoms with Gasteiger partial charge in [0.15, 0.2) is 5.82 Å². The summed E-state index contributed by atoms with van der Waals surface area (Å²) in [6.45, 7) is 3.38. The Bertz CT molecular complexity index is 562. The number of sulfonamides is 1. The van der Waals surface area contributed by atoms with Gasteiger partial charge in [0.05, 0.1) is 0 Å². The van der Waals surface area contributed by atoms with Crippen LogP contribution in [0, 0.1) is 11.6 Å². The first-order valence-electron chi connectivity index (χ1n) is 6.56. The summed E-state index contributed by atoms with van der Waals surface area (Å²) >= 11 is 0. The number of halogens is 2. The Hall–Kier alpha value is -1.05. The largest absolute Gasteiger partial charge is 0.326 e. The molecule has 3 N–H and O–H groups in total. The summed E-state index contributed by atoms with van der Waals surface area (Å²) in [6.07, 6.45) is 2.06. The molecule has 0 bridgehead atoms. The molecule has 0 heterocycles. The van der Waals surface area contributed by atoms with Crippen LogP contribution >= 0.6 is 0 Å². The topological polar surface area (TPSA) is 72.2 Å². The van der Waals surface area contributed by atoms with E-state index in [1.807, 2.05) is 13.8 Å². The maximum Gasteiger partial charge on any atom is 0.243 e. The third-order valence-electron chi connectivity index (χ3n) is 3.10. The first-order valence-corrected chi connectivity index (χ1v) is 8.04. The Labute approximate surface area is 118 Å². The van der Waals surface area contributed by atoms with Gasteiger partial charge in [-0.15, -0.1) is 0 Å². The number of benzene rings is 1. The smallest absolute Gasteiger partial charge is 0.243 e. The van der Waals surface area contributed by atoms with Gasteiger partial charge in [-0.1, -0.05) is 20.3 Å². The molecular weight excluding hydrogens is 286 g/mol. The summed E-state index contributed by atoms with van der Waals surface area (Å²) in [4.78, 5) is -0.561. The van der Waals surface area contributed by atoms with Crippen LogP contribution in [0.25, 0.3) is 0 Å². The molecule has 0 amide bonds. The van der Waals surface area contributed by atoms with E-state index in [2.05, 4.69) is 4.72 Å². The Morgan fingerprint density at radius 1 is 1.30 bits per heavy atom. The molecule has 0 saturated heterocycles. The van der Waals surface area contributed by atoms with E-state index in [1.54, 1.807) is 0 Å². The van der Waals surface area contributed by atoms with Gasteiger partial charge in [0.2, 0.25) is 10.0 Å². The summed E-state index contributed by atoms with van der Waals surface area (Å²) in [5, 5.41) is 0. The van der Waals surface area contributed by atoms with Crippen molar-refractivity contribution < 1.29 is 17.2 Å². The summed E-state index contributed by atoms with van der Waals surface area (Å²) in [5.74, 6) is -1.96. The van der Waals surface area contributed by atoms with E-state index in [1.165, 1.54) is 0 Å². The molecule has 1 unspecified atom stereocenters. The maximum absolute atomic E-state index is 14.0. The molecule has 1 aromatic rings. The molecule has 1 atom stereocenters. The normalized spacial score (nSPS) is 13.4. The monoisotopic (exact) mass is 306 g/mol. The Balaban J connectivity index is 3.16. The summed E-state index contributed by atoms with van der Waals surface area (Å²) < 4.78 is 54.1. The molecule has 7 heteroatoms. The number of rotatable bonds is 7. The lowest BCUT2D eigenvalue weighted by molar-refractivity contribution is 0.499. The van der Waals surface area contributed by atoms with Gasteiger partial charge in [0.25, 0.3) is 0 Å². The average Bonchev–Trinajstić information content (AvgIpc) is 2.38. The quantitative estimate of drug-likeness (QED) is 0.812. The number of nitrogens with two attached hydrogens (primary N) is 1. The highest BCUT2D eigenvalue weighted by Gasteiger charge is 2.25. The van der Waals surface area contributed by atoms with Crippen LogP contribution in [-0.4, -0.2) is 14.5 Å². The third-order valence-corrected chi connectivity index (χ3v) is 4.63. The van der Waals surface area contributed by atoms with Gasteiger partial charge in [-0.25, -0.2) is 21.9 Å². The maximum atomic E-state index is 14.0. The lowest BCUT2D eigenvalue weighted by Gasteiger charge is -2.17. The lowest BCUT2D eigenvalue weighted by atomic mass is 10.1. The van der Waals surface area contributed by atoms with Crippen molar-refractivity contribution >= 4 is 10.0 Å². The van der Waals surface area contributed by atoms with Gasteiger partial charge < -0.3 is 5.73 Å². The molecule has 0 radical (unpaired) electrons. The van der Waals surface area contributed by atoms with Crippen molar-refractivity contribution in [2.75, 3.05) is 0 Å². The highest BCUT2D eigenvalue weighted by molar-refractivity contribution is 7.89. The van der Waals surface area contributed by atoms with Gasteiger partial charge in [-0.05, 0) is 25.0 Å². The lowest BCUT2D eigenvalue weighted by Crippen LogP contribution is -2.35. The zero-order chi connectivity index (χ0) is 15.3. The summed E-state index contributed by atoms with van der Waals surface area (Å²) in [6, 6.07) is 1.57. The highest BCUT2D eigenvalue weighted by atomic mass is 32.2. The standard InChI is InChI=1S/C13H20F2N2O2S/c1-3-5-9(4-2)17-20(18,19)12-7-6-11(14)10(8-16)13(12)15/h6-7,9,17H,3-5,8,16H2,1-2H3. The Kier molecular flexibility index (Phi) is 6.04. The van der Waals surface area contributed by atoms with Crippen molar-refractivity contribution in [2.24, 2.45) is 5.73 Å². The Morgan fingerprint density at radius 3 is 2.45 bits per heavy atom. The first kappa shape index (κ1) is 17.0. The van der Waals surface area contributed by atoms with Gasteiger partial charge in [-0.2, -0.15) is 0 Å². The SMILES string of the molecule is CCCC(CC)NS(=O)(=O)c1ccc(F)c(CN)c1F. The predicted molar refractivity (Wildman–Crippen MR) is 73.6 cm³/mol. The molecule has 0 spiro atoms. The van der Waals surface area contributed by atoms with E-state index in [0.29, 0.717) is 12.8 Å². The van der Waals surface area contributed by atoms with E-state index in [4.69, 9.17) is 5.73 Å². The van der Waals surface area contributed by atoms with E-state index in [0.717, 1.165) is 18.6 Å². The van der Waals surface area contributed by atoms with E-state index < -0.39 is 38.7 Å². The van der Waals surface area contributed by atoms with Gasteiger partial charge >= 0.3 is 0 Å². The third kappa shape index (κ3) is 3.74. The van der Waals surface area contributed by atoms with Crippen molar-refractivity contribution in [1.82, 2.24) is 4.72 Å². The van der Waals surface area contributed by atoms with E-state index in [9.17, 15) is 17.2 Å². The summed E-state index contributed by atoms with van der Waals surface area (Å²) in [7, 11) is -4.02. The van der Waals surface area contributed by atoms with Gasteiger partial charge in [0.1, 0.15) is 10.7 Å². The fourth-order valence-corrected chi connectivity index (χ4v) is 3.41. The molecule has 114 valence electrons. The molecule has 1 rings (SSSR count).